The van der Waals surface area contributed by atoms with Gasteiger partial charge in [0.05, 0.1) is 18.0 Å². The van der Waals surface area contributed by atoms with E-state index in [9.17, 15) is 14.9 Å². The lowest BCUT2D eigenvalue weighted by molar-refractivity contribution is -0.384. The van der Waals surface area contributed by atoms with E-state index in [2.05, 4.69) is 10.1 Å². The van der Waals surface area contributed by atoms with Gasteiger partial charge in [-0.1, -0.05) is 0 Å². The summed E-state index contributed by atoms with van der Waals surface area (Å²) in [4.78, 5) is 26.3. The van der Waals surface area contributed by atoms with E-state index in [1.54, 1.807) is 16.8 Å². The van der Waals surface area contributed by atoms with E-state index in [-0.39, 0.29) is 17.6 Å². The van der Waals surface area contributed by atoms with Crippen LogP contribution in [0.4, 0.5) is 5.69 Å². The lowest BCUT2D eigenvalue weighted by Gasteiger charge is -2.19. The Hall–Kier alpha value is -2.77. The molecule has 1 aliphatic rings. The normalized spacial score (nSPS) is 16.9. The van der Waals surface area contributed by atoms with Gasteiger partial charge in [0.2, 0.25) is 0 Å². The quantitative estimate of drug-likeness (QED) is 0.485. The zero-order valence-electron chi connectivity index (χ0n) is 11.9. The molecule has 0 fully saturated rings. The molecule has 8 nitrogen and oxygen atoms in total. The van der Waals surface area contributed by atoms with Crippen LogP contribution < -0.4 is 0 Å². The first-order valence-corrected chi connectivity index (χ1v) is 6.85. The lowest BCUT2D eigenvalue weighted by Crippen LogP contribution is -2.27. The number of nitro benzene ring substituents is 1. The first-order valence-electron chi connectivity index (χ1n) is 6.85. The van der Waals surface area contributed by atoms with Gasteiger partial charge < -0.3 is 4.74 Å². The van der Waals surface area contributed by atoms with Gasteiger partial charge in [0.1, 0.15) is 5.82 Å². The maximum Gasteiger partial charge on any atom is 0.309 e. The number of aromatic nitrogens is 3. The number of rotatable bonds is 3. The number of nitro groups is 1. The first-order chi connectivity index (χ1) is 10.6. The molecule has 22 heavy (non-hydrogen) atoms. The number of hydrogen-bond acceptors (Lipinski definition) is 6. The zero-order valence-corrected chi connectivity index (χ0v) is 11.9. The van der Waals surface area contributed by atoms with Crippen LogP contribution in [-0.2, 0) is 22.5 Å². The van der Waals surface area contributed by atoms with Gasteiger partial charge in [0.15, 0.2) is 5.82 Å². The highest BCUT2D eigenvalue weighted by atomic mass is 16.6. The number of non-ortho nitro benzene ring substituents is 1. The number of carbonyl (C=O) groups excluding carboxylic acids is 1. The molecular weight excluding hydrogens is 288 g/mol. The number of esters is 1. The Morgan fingerprint density at radius 2 is 2.14 bits per heavy atom. The standard InChI is InChI=1S/C14H14N4O4/c1-22-14(19)10-6-7-17-12(8-10)15-13(16-17)9-2-4-11(5-3-9)18(20)21/h2-5,10H,6-8H2,1H3. The number of benzene rings is 1. The molecule has 0 amide bonds. The minimum absolute atomic E-state index is 0.0264. The molecule has 0 bridgehead atoms. The number of nitrogens with zero attached hydrogens (tertiary/aromatic N) is 4. The van der Waals surface area contributed by atoms with E-state index in [4.69, 9.17) is 4.74 Å². The van der Waals surface area contributed by atoms with Crippen LogP contribution in [0.25, 0.3) is 11.4 Å². The number of carbonyl (C=O) groups is 1. The van der Waals surface area contributed by atoms with Crippen LogP contribution in [0.2, 0.25) is 0 Å². The summed E-state index contributed by atoms with van der Waals surface area (Å²) in [6.45, 7) is 0.606. The number of methoxy groups -OCH3 is 1. The topological polar surface area (TPSA) is 100 Å². The van der Waals surface area contributed by atoms with E-state index < -0.39 is 4.92 Å². The van der Waals surface area contributed by atoms with Gasteiger partial charge in [-0.15, -0.1) is 0 Å². The van der Waals surface area contributed by atoms with Crippen LogP contribution in [0.15, 0.2) is 24.3 Å². The molecule has 1 aliphatic heterocycles. The number of aryl methyl sites for hydroxylation is 1. The predicted molar refractivity (Wildman–Crippen MR) is 75.9 cm³/mol. The van der Waals surface area contributed by atoms with Gasteiger partial charge in [-0.3, -0.25) is 14.9 Å². The van der Waals surface area contributed by atoms with Crippen molar-refractivity contribution < 1.29 is 14.5 Å². The summed E-state index contributed by atoms with van der Waals surface area (Å²) in [6, 6.07) is 6.09. The van der Waals surface area contributed by atoms with Gasteiger partial charge in [0, 0.05) is 30.7 Å². The molecule has 0 saturated carbocycles. The SMILES string of the molecule is COC(=O)C1CCn2nc(-c3ccc([N+](=O)[O-])cc3)nc2C1. The monoisotopic (exact) mass is 302 g/mol. The molecule has 0 spiro atoms. The number of fused-ring (bicyclic) bond motifs is 1. The van der Waals surface area contributed by atoms with Crippen molar-refractivity contribution in [1.29, 1.82) is 0 Å². The van der Waals surface area contributed by atoms with Gasteiger partial charge in [-0.05, 0) is 18.6 Å². The third-order valence-electron chi connectivity index (χ3n) is 3.74. The van der Waals surface area contributed by atoms with Gasteiger partial charge in [0.25, 0.3) is 5.69 Å². The van der Waals surface area contributed by atoms with E-state index in [1.807, 2.05) is 0 Å². The molecule has 3 rings (SSSR count). The second kappa shape index (κ2) is 5.55. The summed E-state index contributed by atoms with van der Waals surface area (Å²) in [7, 11) is 1.38. The van der Waals surface area contributed by atoms with E-state index in [1.165, 1.54) is 19.2 Å². The van der Waals surface area contributed by atoms with Crippen molar-refractivity contribution in [2.24, 2.45) is 5.92 Å². The number of hydrogen-bond donors (Lipinski definition) is 0. The summed E-state index contributed by atoms with van der Waals surface area (Å²) in [5.74, 6) is 0.822. The summed E-state index contributed by atoms with van der Waals surface area (Å²) >= 11 is 0. The van der Waals surface area contributed by atoms with Crippen LogP contribution in [-0.4, -0.2) is 32.8 Å². The Morgan fingerprint density at radius 1 is 1.41 bits per heavy atom. The van der Waals surface area contributed by atoms with Gasteiger partial charge >= 0.3 is 5.97 Å². The maximum absolute atomic E-state index is 11.6. The van der Waals surface area contributed by atoms with Gasteiger partial charge in [-0.2, -0.15) is 5.10 Å². The average molecular weight is 302 g/mol. The molecule has 1 atom stereocenters. The van der Waals surface area contributed by atoms with Gasteiger partial charge in [-0.25, -0.2) is 9.67 Å². The van der Waals surface area contributed by atoms with E-state index in [0.717, 1.165) is 5.82 Å². The highest BCUT2D eigenvalue weighted by Gasteiger charge is 2.28. The molecule has 1 unspecified atom stereocenters. The molecule has 2 aromatic rings. The minimum atomic E-state index is -0.448. The lowest BCUT2D eigenvalue weighted by atomic mass is 9.98. The first kappa shape index (κ1) is 14.2. The van der Waals surface area contributed by atoms with Crippen molar-refractivity contribution in [3.63, 3.8) is 0 Å². The maximum atomic E-state index is 11.6. The molecular formula is C14H14N4O4. The Bertz CT molecular complexity index is 723. The van der Waals surface area contributed by atoms with Crippen molar-refractivity contribution in [2.75, 3.05) is 7.11 Å². The Kier molecular flexibility index (Phi) is 3.58. The van der Waals surface area contributed by atoms with Crippen LogP contribution in [0.3, 0.4) is 0 Å². The third-order valence-corrected chi connectivity index (χ3v) is 3.74. The highest BCUT2D eigenvalue weighted by molar-refractivity contribution is 5.72. The molecule has 0 radical (unpaired) electrons. The second-order valence-electron chi connectivity index (χ2n) is 5.09. The molecule has 1 aromatic carbocycles. The van der Waals surface area contributed by atoms with Crippen molar-refractivity contribution in [2.45, 2.75) is 19.4 Å². The van der Waals surface area contributed by atoms with E-state index >= 15 is 0 Å². The molecule has 1 aromatic heterocycles. The predicted octanol–water partition coefficient (Wildman–Crippen LogP) is 1.59. The third kappa shape index (κ3) is 2.54. The zero-order chi connectivity index (χ0) is 15.7. The molecule has 0 aliphatic carbocycles. The molecule has 0 N–H and O–H groups in total. The second-order valence-corrected chi connectivity index (χ2v) is 5.09. The minimum Gasteiger partial charge on any atom is -0.469 e. The largest absolute Gasteiger partial charge is 0.469 e. The fourth-order valence-corrected chi connectivity index (χ4v) is 2.53. The molecule has 0 saturated heterocycles. The van der Waals surface area contributed by atoms with Crippen LogP contribution in [0.5, 0.6) is 0 Å². The summed E-state index contributed by atoms with van der Waals surface area (Å²) in [5.41, 5.74) is 0.737. The van der Waals surface area contributed by atoms with Crippen LogP contribution >= 0.6 is 0 Å². The molecule has 2 heterocycles. The number of ether oxygens (including phenoxy) is 1. The van der Waals surface area contributed by atoms with Crippen LogP contribution in [0.1, 0.15) is 12.2 Å². The average Bonchev–Trinajstić information content (AvgIpc) is 2.97. The van der Waals surface area contributed by atoms with Crippen molar-refractivity contribution in [3.05, 3.63) is 40.2 Å². The highest BCUT2D eigenvalue weighted by Crippen LogP contribution is 2.24. The summed E-state index contributed by atoms with van der Waals surface area (Å²) in [5, 5.41) is 15.1. The fourth-order valence-electron chi connectivity index (χ4n) is 2.53. The molecule has 8 heteroatoms. The molecule has 114 valence electrons. The van der Waals surface area contributed by atoms with E-state index in [0.29, 0.717) is 30.8 Å². The fraction of sp³-hybridized carbons (Fsp3) is 0.357. The Labute approximate surface area is 125 Å². The van der Waals surface area contributed by atoms with Crippen molar-refractivity contribution >= 4 is 11.7 Å². The van der Waals surface area contributed by atoms with Crippen molar-refractivity contribution in [1.82, 2.24) is 14.8 Å². The summed E-state index contributed by atoms with van der Waals surface area (Å²) < 4.78 is 6.55. The Balaban J connectivity index is 1.84. The smallest absolute Gasteiger partial charge is 0.309 e. The van der Waals surface area contributed by atoms with Crippen LogP contribution in [0, 0.1) is 16.0 Å². The Morgan fingerprint density at radius 3 is 2.77 bits per heavy atom. The van der Waals surface area contributed by atoms with Crippen molar-refractivity contribution in [3.8, 4) is 11.4 Å². The summed E-state index contributed by atoms with van der Waals surface area (Å²) in [6.07, 6.45) is 1.16.